The molecule has 0 fully saturated rings. The summed E-state index contributed by atoms with van der Waals surface area (Å²) in [5.41, 5.74) is 7.51. The van der Waals surface area contributed by atoms with Crippen LogP contribution in [0.5, 0.6) is 5.75 Å². The summed E-state index contributed by atoms with van der Waals surface area (Å²) in [7, 11) is 1.54. The number of nitrogens with one attached hydrogen (secondary N) is 2. The summed E-state index contributed by atoms with van der Waals surface area (Å²) in [4.78, 5) is 36.5. The zero-order chi connectivity index (χ0) is 21.8. The number of amides is 2. The predicted octanol–water partition coefficient (Wildman–Crippen LogP) is 1.70. The summed E-state index contributed by atoms with van der Waals surface area (Å²) in [6.07, 6.45) is 0.211. The monoisotopic (exact) mass is 412 g/mol. The van der Waals surface area contributed by atoms with Crippen LogP contribution in [0.4, 0.5) is 0 Å². The van der Waals surface area contributed by atoms with E-state index in [2.05, 4.69) is 16.0 Å². The number of hydrogen-bond acceptors (Lipinski definition) is 6. The van der Waals surface area contributed by atoms with Crippen molar-refractivity contribution in [3.05, 3.63) is 57.2 Å². The summed E-state index contributed by atoms with van der Waals surface area (Å²) in [5.74, 6) is -0.219. The van der Waals surface area contributed by atoms with Gasteiger partial charge in [0.05, 0.1) is 12.8 Å². The first-order chi connectivity index (χ1) is 14.3. The average Bonchev–Trinajstić information content (AvgIpc) is 3.02. The summed E-state index contributed by atoms with van der Waals surface area (Å²) < 4.78 is 12.1. The lowest BCUT2D eigenvalue weighted by Gasteiger charge is -2.10. The molecule has 30 heavy (non-hydrogen) atoms. The zero-order valence-corrected chi connectivity index (χ0v) is 17.4. The fourth-order valence-corrected chi connectivity index (χ4v) is 3.24. The number of benzene rings is 1. The van der Waals surface area contributed by atoms with E-state index in [9.17, 15) is 14.4 Å². The fourth-order valence-electron chi connectivity index (χ4n) is 3.24. The van der Waals surface area contributed by atoms with Crippen molar-refractivity contribution >= 4 is 22.8 Å². The van der Waals surface area contributed by atoms with Crippen LogP contribution >= 0.6 is 0 Å². The van der Waals surface area contributed by atoms with Crippen molar-refractivity contribution in [3.8, 4) is 5.75 Å². The van der Waals surface area contributed by atoms with E-state index in [1.807, 2.05) is 32.9 Å². The van der Waals surface area contributed by atoms with Gasteiger partial charge < -0.3 is 9.15 Å². The largest absolute Gasteiger partial charge is 0.497 e. The van der Waals surface area contributed by atoms with Gasteiger partial charge in [-0.25, -0.2) is 4.79 Å². The molecule has 1 aromatic carbocycles. The summed E-state index contributed by atoms with van der Waals surface area (Å²) in [6, 6.07) is 7.11. The number of aromatic nitrogens is 2. The smallest absolute Gasteiger partial charge is 0.339 e. The molecular formula is C21H24N4O5. The van der Waals surface area contributed by atoms with Crippen molar-refractivity contribution in [1.82, 2.24) is 20.6 Å². The van der Waals surface area contributed by atoms with Crippen LogP contribution in [0, 0.1) is 20.8 Å². The number of carbonyl (C=O) groups excluding carboxylic acids is 2. The lowest BCUT2D eigenvalue weighted by molar-refractivity contribution is -0.129. The standard InChI is InChI=1S/C21H24N4O5/c1-12-9-13(2)25(24-12)11-20(27)23-22-19(26)8-7-17-14(3)16-6-5-15(29-4)10-18(16)30-21(17)28/h5-6,9-10H,7-8,11H2,1-4H3,(H,22,26)(H,23,27). The molecule has 0 saturated carbocycles. The van der Waals surface area contributed by atoms with E-state index in [1.165, 1.54) is 7.11 Å². The maximum absolute atomic E-state index is 12.4. The molecule has 2 aromatic heterocycles. The maximum Gasteiger partial charge on any atom is 0.339 e. The van der Waals surface area contributed by atoms with Gasteiger partial charge in [0, 0.05) is 29.1 Å². The number of carbonyl (C=O) groups is 2. The van der Waals surface area contributed by atoms with Gasteiger partial charge in [-0.15, -0.1) is 0 Å². The second-order valence-corrected chi connectivity index (χ2v) is 7.04. The molecule has 0 spiro atoms. The second-order valence-electron chi connectivity index (χ2n) is 7.04. The Labute approximate surface area is 173 Å². The Morgan fingerprint density at radius 3 is 2.53 bits per heavy atom. The Kier molecular flexibility index (Phi) is 6.20. The highest BCUT2D eigenvalue weighted by atomic mass is 16.5. The predicted molar refractivity (Wildman–Crippen MR) is 110 cm³/mol. The molecule has 0 radical (unpaired) electrons. The molecule has 2 amide bonds. The minimum absolute atomic E-state index is 0.00319. The van der Waals surface area contributed by atoms with Crippen LogP contribution in [-0.4, -0.2) is 28.7 Å². The van der Waals surface area contributed by atoms with Gasteiger partial charge in [-0.3, -0.25) is 25.1 Å². The molecular weight excluding hydrogens is 388 g/mol. The third-order valence-corrected chi connectivity index (χ3v) is 4.83. The van der Waals surface area contributed by atoms with Gasteiger partial charge in [-0.1, -0.05) is 0 Å². The number of aryl methyl sites for hydroxylation is 3. The van der Waals surface area contributed by atoms with E-state index in [0.717, 1.165) is 22.3 Å². The molecule has 2 heterocycles. The Morgan fingerprint density at radius 1 is 1.13 bits per heavy atom. The normalized spacial score (nSPS) is 10.8. The Hall–Kier alpha value is -3.62. The Balaban J connectivity index is 1.59. The summed E-state index contributed by atoms with van der Waals surface area (Å²) in [5, 5.41) is 4.98. The number of nitrogens with zero attached hydrogens (tertiary/aromatic N) is 2. The molecule has 0 aliphatic carbocycles. The SMILES string of the molecule is COc1ccc2c(C)c(CCC(=O)NNC(=O)Cn3nc(C)cc3C)c(=O)oc2c1. The Morgan fingerprint density at radius 2 is 1.87 bits per heavy atom. The first kappa shape index (κ1) is 21.1. The highest BCUT2D eigenvalue weighted by Crippen LogP contribution is 2.24. The molecule has 0 aliphatic rings. The zero-order valence-electron chi connectivity index (χ0n) is 17.4. The Bertz CT molecular complexity index is 1160. The van der Waals surface area contributed by atoms with Crippen molar-refractivity contribution < 1.29 is 18.7 Å². The maximum atomic E-state index is 12.4. The average molecular weight is 412 g/mol. The van der Waals surface area contributed by atoms with Crippen LogP contribution in [0.1, 0.15) is 28.9 Å². The van der Waals surface area contributed by atoms with E-state index in [0.29, 0.717) is 16.9 Å². The molecule has 158 valence electrons. The van der Waals surface area contributed by atoms with Gasteiger partial charge in [-0.05, 0) is 51.0 Å². The molecule has 2 N–H and O–H groups in total. The van der Waals surface area contributed by atoms with Crippen LogP contribution in [0.3, 0.4) is 0 Å². The molecule has 0 bridgehead atoms. The molecule has 0 unspecified atom stereocenters. The van der Waals surface area contributed by atoms with E-state index in [4.69, 9.17) is 9.15 Å². The minimum atomic E-state index is -0.491. The van der Waals surface area contributed by atoms with E-state index in [1.54, 1.807) is 16.8 Å². The highest BCUT2D eigenvalue weighted by molar-refractivity contribution is 5.83. The minimum Gasteiger partial charge on any atom is -0.497 e. The first-order valence-corrected chi connectivity index (χ1v) is 9.47. The van der Waals surface area contributed by atoms with Crippen molar-refractivity contribution in [3.63, 3.8) is 0 Å². The fraction of sp³-hybridized carbons (Fsp3) is 0.333. The molecule has 0 saturated heterocycles. The van der Waals surface area contributed by atoms with Gasteiger partial charge >= 0.3 is 5.63 Å². The van der Waals surface area contributed by atoms with Crippen LogP contribution in [-0.2, 0) is 22.6 Å². The molecule has 3 rings (SSSR count). The number of rotatable bonds is 6. The number of hydrogen-bond donors (Lipinski definition) is 2. The molecule has 9 heteroatoms. The third kappa shape index (κ3) is 4.68. The van der Waals surface area contributed by atoms with Crippen molar-refractivity contribution in [2.45, 2.75) is 40.2 Å². The van der Waals surface area contributed by atoms with E-state index in [-0.39, 0.29) is 19.4 Å². The second kappa shape index (κ2) is 8.81. The van der Waals surface area contributed by atoms with Gasteiger partial charge in [0.1, 0.15) is 17.9 Å². The number of ether oxygens (including phenoxy) is 1. The summed E-state index contributed by atoms with van der Waals surface area (Å²) in [6.45, 7) is 5.50. The molecule has 9 nitrogen and oxygen atoms in total. The number of methoxy groups -OCH3 is 1. The molecule has 0 aliphatic heterocycles. The van der Waals surface area contributed by atoms with Crippen molar-refractivity contribution in [2.75, 3.05) is 7.11 Å². The molecule has 0 atom stereocenters. The van der Waals surface area contributed by atoms with Crippen molar-refractivity contribution in [1.29, 1.82) is 0 Å². The topological polar surface area (TPSA) is 115 Å². The van der Waals surface area contributed by atoms with Gasteiger partial charge in [-0.2, -0.15) is 5.10 Å². The van der Waals surface area contributed by atoms with E-state index >= 15 is 0 Å². The van der Waals surface area contributed by atoms with Gasteiger partial charge in [0.25, 0.3) is 5.91 Å². The van der Waals surface area contributed by atoms with Crippen LogP contribution in [0.15, 0.2) is 33.5 Å². The highest BCUT2D eigenvalue weighted by Gasteiger charge is 2.14. The summed E-state index contributed by atoms with van der Waals surface area (Å²) >= 11 is 0. The van der Waals surface area contributed by atoms with Crippen molar-refractivity contribution in [2.24, 2.45) is 0 Å². The quantitative estimate of drug-likeness (QED) is 0.470. The van der Waals surface area contributed by atoms with Gasteiger partial charge in [0.15, 0.2) is 0 Å². The molecule has 3 aromatic rings. The van der Waals surface area contributed by atoms with Crippen LogP contribution in [0.2, 0.25) is 0 Å². The van der Waals surface area contributed by atoms with Crippen LogP contribution in [0.25, 0.3) is 11.0 Å². The lowest BCUT2D eigenvalue weighted by atomic mass is 10.0. The lowest BCUT2D eigenvalue weighted by Crippen LogP contribution is -2.43. The van der Waals surface area contributed by atoms with E-state index < -0.39 is 17.4 Å². The number of fused-ring (bicyclic) bond motifs is 1. The third-order valence-electron chi connectivity index (χ3n) is 4.83. The number of hydrazine groups is 1. The van der Waals surface area contributed by atoms with Gasteiger partial charge in [0.2, 0.25) is 5.91 Å². The first-order valence-electron chi connectivity index (χ1n) is 9.47. The van der Waals surface area contributed by atoms with Crippen LogP contribution < -0.4 is 21.2 Å².